The molecule has 1 fully saturated rings. The van der Waals surface area contributed by atoms with Gasteiger partial charge < -0.3 is 15.0 Å². The van der Waals surface area contributed by atoms with E-state index >= 15 is 0 Å². The predicted molar refractivity (Wildman–Crippen MR) is 89.8 cm³/mol. The summed E-state index contributed by atoms with van der Waals surface area (Å²) >= 11 is 5.86. The first-order valence-corrected chi connectivity index (χ1v) is 9.74. The number of ether oxygens (including phenoxy) is 1. The van der Waals surface area contributed by atoms with Crippen LogP contribution in [0.15, 0.2) is 24.3 Å². The highest BCUT2D eigenvalue weighted by atomic mass is 35.5. The number of nitrogens with one attached hydrogen (secondary N) is 1. The van der Waals surface area contributed by atoms with E-state index in [0.717, 1.165) is 0 Å². The second-order valence-corrected chi connectivity index (χ2v) is 8.05. The Bertz CT molecular complexity index is 651. The quantitative estimate of drug-likeness (QED) is 0.786. The molecule has 1 heterocycles. The van der Waals surface area contributed by atoms with E-state index < -0.39 is 9.84 Å². The van der Waals surface area contributed by atoms with Crippen molar-refractivity contribution in [3.63, 3.8) is 0 Å². The molecule has 6 nitrogen and oxygen atoms in total. The van der Waals surface area contributed by atoms with E-state index in [1.807, 2.05) is 6.92 Å². The zero-order valence-electron chi connectivity index (χ0n) is 13.0. The molecule has 0 spiro atoms. The Hall–Kier alpha value is -1.47. The second kappa shape index (κ2) is 7.88. The summed E-state index contributed by atoms with van der Waals surface area (Å²) in [4.78, 5) is 13.8. The van der Waals surface area contributed by atoms with Crippen LogP contribution < -0.4 is 10.1 Å². The van der Waals surface area contributed by atoms with Crippen LogP contribution in [0.2, 0.25) is 5.02 Å². The van der Waals surface area contributed by atoms with Gasteiger partial charge in [-0.05, 0) is 31.5 Å². The molecule has 1 aliphatic rings. The van der Waals surface area contributed by atoms with E-state index in [1.54, 1.807) is 29.2 Å². The molecule has 0 aliphatic carbocycles. The molecular formula is C15H21ClN2O4S. The monoisotopic (exact) mass is 360 g/mol. The van der Waals surface area contributed by atoms with Gasteiger partial charge in [-0.15, -0.1) is 0 Å². The van der Waals surface area contributed by atoms with E-state index in [4.69, 9.17) is 16.3 Å². The topological polar surface area (TPSA) is 75.7 Å². The maximum Gasteiger partial charge on any atom is 0.317 e. The average molecular weight is 361 g/mol. The van der Waals surface area contributed by atoms with Crippen LogP contribution in [0.3, 0.4) is 0 Å². The van der Waals surface area contributed by atoms with Gasteiger partial charge in [-0.3, -0.25) is 0 Å². The van der Waals surface area contributed by atoms with Crippen molar-refractivity contribution in [3.8, 4) is 5.75 Å². The average Bonchev–Trinajstić information content (AvgIpc) is 2.84. The lowest BCUT2D eigenvalue weighted by Crippen LogP contribution is -2.47. The van der Waals surface area contributed by atoms with Crippen molar-refractivity contribution in [2.24, 2.45) is 0 Å². The molecule has 0 saturated carbocycles. The molecule has 128 valence electrons. The maximum atomic E-state index is 12.2. The van der Waals surface area contributed by atoms with Crippen LogP contribution in [0.5, 0.6) is 5.75 Å². The number of hydrogen-bond acceptors (Lipinski definition) is 4. The molecule has 1 aromatic carbocycles. The molecule has 1 N–H and O–H groups in total. The third-order valence-electron chi connectivity index (χ3n) is 3.69. The van der Waals surface area contributed by atoms with Crippen LogP contribution in [-0.2, 0) is 9.84 Å². The van der Waals surface area contributed by atoms with Crippen molar-refractivity contribution in [1.82, 2.24) is 10.2 Å². The lowest BCUT2D eigenvalue weighted by atomic mass is 10.2. The molecule has 23 heavy (non-hydrogen) atoms. The minimum absolute atomic E-state index is 0.0489. The van der Waals surface area contributed by atoms with Gasteiger partial charge in [0.1, 0.15) is 12.4 Å². The molecule has 0 bridgehead atoms. The highest BCUT2D eigenvalue weighted by Crippen LogP contribution is 2.18. The summed E-state index contributed by atoms with van der Waals surface area (Å²) in [5, 5.41) is 3.35. The maximum absolute atomic E-state index is 12.2. The number of benzene rings is 1. The van der Waals surface area contributed by atoms with Gasteiger partial charge in [0.2, 0.25) is 0 Å². The number of carbonyl (C=O) groups is 1. The van der Waals surface area contributed by atoms with Crippen LogP contribution in [0, 0.1) is 0 Å². The van der Waals surface area contributed by atoms with Crippen LogP contribution >= 0.6 is 11.6 Å². The van der Waals surface area contributed by atoms with Gasteiger partial charge in [0.15, 0.2) is 9.84 Å². The minimum Gasteiger partial charge on any atom is -0.492 e. The summed E-state index contributed by atoms with van der Waals surface area (Å²) in [5.41, 5.74) is 0. The number of urea groups is 1. The summed E-state index contributed by atoms with van der Waals surface area (Å²) in [7, 11) is -3.01. The fraction of sp³-hybridized carbons (Fsp3) is 0.533. The molecular weight excluding hydrogens is 340 g/mol. The highest BCUT2D eigenvalue weighted by Gasteiger charge is 2.33. The van der Waals surface area contributed by atoms with Gasteiger partial charge in [-0.1, -0.05) is 17.7 Å². The fourth-order valence-corrected chi connectivity index (χ4v) is 4.48. The molecule has 1 saturated heterocycles. The third kappa shape index (κ3) is 5.28. The van der Waals surface area contributed by atoms with Gasteiger partial charge >= 0.3 is 6.03 Å². The van der Waals surface area contributed by atoms with Gasteiger partial charge in [0.25, 0.3) is 0 Å². The number of carbonyl (C=O) groups excluding carboxylic acids is 1. The van der Waals surface area contributed by atoms with E-state index in [9.17, 15) is 13.2 Å². The van der Waals surface area contributed by atoms with E-state index in [-0.39, 0.29) is 23.6 Å². The van der Waals surface area contributed by atoms with Crippen molar-refractivity contribution in [3.05, 3.63) is 29.3 Å². The van der Waals surface area contributed by atoms with E-state index in [0.29, 0.717) is 36.9 Å². The number of hydrogen-bond donors (Lipinski definition) is 1. The molecule has 1 aromatic rings. The summed E-state index contributed by atoms with van der Waals surface area (Å²) in [6.45, 7) is 2.96. The van der Waals surface area contributed by atoms with Crippen LogP contribution in [0.25, 0.3) is 0 Å². The van der Waals surface area contributed by atoms with Crippen LogP contribution in [-0.4, -0.2) is 56.6 Å². The Morgan fingerprint density at radius 1 is 1.48 bits per heavy atom. The van der Waals surface area contributed by atoms with Crippen molar-refractivity contribution in [2.75, 3.05) is 31.2 Å². The first-order chi connectivity index (χ1) is 10.9. The summed E-state index contributed by atoms with van der Waals surface area (Å²) < 4.78 is 28.6. The van der Waals surface area contributed by atoms with Crippen molar-refractivity contribution < 1.29 is 17.9 Å². The number of sulfone groups is 1. The van der Waals surface area contributed by atoms with Crippen molar-refractivity contribution in [2.45, 2.75) is 19.4 Å². The Morgan fingerprint density at radius 3 is 2.87 bits per heavy atom. The molecule has 1 aliphatic heterocycles. The SMILES string of the molecule is CCN(C(=O)NCCOc1cccc(Cl)c1)C1CCS(=O)(=O)C1. The minimum atomic E-state index is -3.01. The van der Waals surface area contributed by atoms with Gasteiger partial charge in [0, 0.05) is 17.6 Å². The molecule has 0 aromatic heterocycles. The first kappa shape index (κ1) is 17.9. The van der Waals surface area contributed by atoms with Gasteiger partial charge in [-0.25, -0.2) is 13.2 Å². The zero-order chi connectivity index (χ0) is 16.9. The molecule has 2 rings (SSSR count). The summed E-state index contributed by atoms with van der Waals surface area (Å²) in [5.74, 6) is 0.841. The van der Waals surface area contributed by atoms with Gasteiger partial charge in [-0.2, -0.15) is 0 Å². The smallest absolute Gasteiger partial charge is 0.317 e. The van der Waals surface area contributed by atoms with Crippen LogP contribution in [0.4, 0.5) is 4.79 Å². The fourth-order valence-electron chi connectivity index (χ4n) is 2.57. The Balaban J connectivity index is 1.77. The van der Waals surface area contributed by atoms with Crippen LogP contribution in [0.1, 0.15) is 13.3 Å². The molecule has 1 unspecified atom stereocenters. The highest BCUT2D eigenvalue weighted by molar-refractivity contribution is 7.91. The molecule has 0 radical (unpaired) electrons. The molecule has 2 amide bonds. The number of amides is 2. The lowest BCUT2D eigenvalue weighted by molar-refractivity contribution is 0.181. The van der Waals surface area contributed by atoms with E-state index in [2.05, 4.69) is 5.32 Å². The van der Waals surface area contributed by atoms with Crippen molar-refractivity contribution in [1.29, 1.82) is 0 Å². The second-order valence-electron chi connectivity index (χ2n) is 5.38. The number of rotatable bonds is 6. The van der Waals surface area contributed by atoms with Crippen molar-refractivity contribution >= 4 is 27.5 Å². The Kier molecular flexibility index (Phi) is 6.12. The lowest BCUT2D eigenvalue weighted by Gasteiger charge is -2.27. The summed E-state index contributed by atoms with van der Waals surface area (Å²) in [6, 6.07) is 6.53. The largest absolute Gasteiger partial charge is 0.492 e. The standard InChI is InChI=1S/C15H21ClN2O4S/c1-2-18(13-6-9-23(20,21)11-13)15(19)17-7-8-22-14-5-3-4-12(16)10-14/h3-5,10,13H,2,6-9,11H2,1H3,(H,17,19). The zero-order valence-corrected chi connectivity index (χ0v) is 14.6. The van der Waals surface area contributed by atoms with E-state index in [1.165, 1.54) is 0 Å². The number of halogens is 1. The normalized spacial score (nSPS) is 19.3. The Morgan fingerprint density at radius 2 is 2.26 bits per heavy atom. The molecule has 1 atom stereocenters. The van der Waals surface area contributed by atoms with Gasteiger partial charge in [0.05, 0.1) is 18.1 Å². The predicted octanol–water partition coefficient (Wildman–Crippen LogP) is 1.94. The number of nitrogens with zero attached hydrogens (tertiary/aromatic N) is 1. The Labute approximate surface area is 141 Å². The first-order valence-electron chi connectivity index (χ1n) is 7.54. The molecule has 8 heteroatoms. The summed E-state index contributed by atoms with van der Waals surface area (Å²) in [6.07, 6.45) is 0.503. The third-order valence-corrected chi connectivity index (χ3v) is 5.68.